The van der Waals surface area contributed by atoms with Gasteiger partial charge in [-0.05, 0) is 12.1 Å². The molecule has 1 aliphatic heterocycles. The molecule has 1 fully saturated rings. The molecule has 1 aromatic carbocycles. The van der Waals surface area contributed by atoms with Crippen LogP contribution in [0.2, 0.25) is 0 Å². The average molecular weight is 401 g/mol. The van der Waals surface area contributed by atoms with Gasteiger partial charge in [-0.1, -0.05) is 12.1 Å². The number of hydrogen-bond donors (Lipinski definition) is 1. The maximum atomic E-state index is 13.9. The molecular weight excluding hydrogens is 385 g/mol. The van der Waals surface area contributed by atoms with Crippen molar-refractivity contribution in [2.24, 2.45) is 0 Å². The lowest BCUT2D eigenvalue weighted by atomic mass is 10.2. The first-order valence-electron chi connectivity index (χ1n) is 8.71. The van der Waals surface area contributed by atoms with Crippen LogP contribution in [0.5, 0.6) is 0 Å². The number of benzene rings is 1. The van der Waals surface area contributed by atoms with E-state index in [1.807, 2.05) is 5.38 Å². The highest BCUT2D eigenvalue weighted by Gasteiger charge is 2.30. The molecule has 10 heteroatoms. The molecule has 1 saturated heterocycles. The molecule has 0 bridgehead atoms. The molecule has 0 unspecified atom stereocenters. The second-order valence-corrected chi connectivity index (χ2v) is 7.15. The van der Waals surface area contributed by atoms with Gasteiger partial charge in [-0.25, -0.2) is 8.91 Å². The van der Waals surface area contributed by atoms with Gasteiger partial charge >= 0.3 is 0 Å². The molecular formula is C18H16FN5O3S. The highest BCUT2D eigenvalue weighted by atomic mass is 32.1. The quantitative estimate of drug-likeness (QED) is 0.630. The summed E-state index contributed by atoms with van der Waals surface area (Å²) in [6, 6.07) is 6.31. The van der Waals surface area contributed by atoms with Gasteiger partial charge in [-0.15, -0.1) is 16.4 Å². The minimum atomic E-state index is -0.388. The molecule has 8 nitrogen and oxygen atoms in total. The summed E-state index contributed by atoms with van der Waals surface area (Å²) in [5, 5.41) is 8.94. The van der Waals surface area contributed by atoms with Gasteiger partial charge in [0, 0.05) is 31.2 Å². The lowest BCUT2D eigenvalue weighted by molar-refractivity contribution is -0.142. The summed E-state index contributed by atoms with van der Waals surface area (Å²) in [5.41, 5.74) is 1.15. The Labute approximate surface area is 163 Å². The predicted octanol–water partition coefficient (Wildman–Crippen LogP) is 1.40. The van der Waals surface area contributed by atoms with E-state index >= 15 is 0 Å². The van der Waals surface area contributed by atoms with E-state index in [-0.39, 0.29) is 42.9 Å². The maximum absolute atomic E-state index is 13.9. The third-order valence-electron chi connectivity index (χ3n) is 4.42. The molecule has 3 heterocycles. The Bertz CT molecular complexity index is 1060. The smallest absolute Gasteiger partial charge is 0.240 e. The summed E-state index contributed by atoms with van der Waals surface area (Å²) >= 11 is 1.38. The van der Waals surface area contributed by atoms with Gasteiger partial charge in [0.05, 0.1) is 11.3 Å². The first-order valence-corrected chi connectivity index (χ1v) is 9.59. The predicted molar refractivity (Wildman–Crippen MR) is 98.9 cm³/mol. The van der Waals surface area contributed by atoms with Crippen LogP contribution < -0.4 is 5.32 Å². The molecule has 144 valence electrons. The van der Waals surface area contributed by atoms with E-state index in [1.165, 1.54) is 17.4 Å². The highest BCUT2D eigenvalue weighted by Crippen LogP contribution is 2.23. The van der Waals surface area contributed by atoms with E-state index in [4.69, 9.17) is 0 Å². The summed E-state index contributed by atoms with van der Waals surface area (Å²) in [6.07, 6.45) is 0.805. The van der Waals surface area contributed by atoms with Gasteiger partial charge in [0.2, 0.25) is 22.7 Å². The number of carbonyl (C=O) groups excluding carboxylic acids is 3. The fourth-order valence-corrected chi connectivity index (χ4v) is 3.84. The summed E-state index contributed by atoms with van der Waals surface area (Å²) in [6.45, 7) is 0.0627. The number of nitrogens with zero attached hydrogens (tertiary/aromatic N) is 4. The number of likely N-dealkylation sites (tertiary alicyclic amines) is 1. The number of thiazole rings is 1. The van der Waals surface area contributed by atoms with Crippen LogP contribution in [0.4, 0.5) is 4.39 Å². The van der Waals surface area contributed by atoms with Crippen molar-refractivity contribution in [3.63, 3.8) is 0 Å². The molecule has 3 aromatic rings. The van der Waals surface area contributed by atoms with Crippen LogP contribution >= 0.6 is 11.3 Å². The van der Waals surface area contributed by atoms with Crippen molar-refractivity contribution in [2.45, 2.75) is 19.3 Å². The molecule has 4 rings (SSSR count). The van der Waals surface area contributed by atoms with Crippen molar-refractivity contribution in [1.82, 2.24) is 24.8 Å². The molecule has 2 aromatic heterocycles. The Morgan fingerprint density at radius 3 is 2.71 bits per heavy atom. The van der Waals surface area contributed by atoms with Crippen LogP contribution in [0, 0.1) is 5.82 Å². The van der Waals surface area contributed by atoms with E-state index in [9.17, 15) is 18.8 Å². The van der Waals surface area contributed by atoms with E-state index in [0.717, 1.165) is 10.6 Å². The molecule has 28 heavy (non-hydrogen) atoms. The normalized spacial score (nSPS) is 14.2. The van der Waals surface area contributed by atoms with Crippen LogP contribution in [-0.2, 0) is 20.8 Å². The van der Waals surface area contributed by atoms with Crippen molar-refractivity contribution in [2.75, 3.05) is 13.1 Å². The van der Waals surface area contributed by atoms with Crippen LogP contribution in [0.25, 0.3) is 16.3 Å². The van der Waals surface area contributed by atoms with Crippen molar-refractivity contribution in [3.05, 3.63) is 41.2 Å². The monoisotopic (exact) mass is 401 g/mol. The number of hydrogen-bond acceptors (Lipinski definition) is 6. The SMILES string of the molecule is O=C(CN1C(=O)CCC1=O)NCCc1csc2nc(-c3ccccc3F)nn12. The van der Waals surface area contributed by atoms with Crippen LogP contribution in [0.1, 0.15) is 18.5 Å². The number of carbonyl (C=O) groups is 3. The number of halogens is 1. The Hall–Kier alpha value is -3.14. The summed E-state index contributed by atoms with van der Waals surface area (Å²) < 4.78 is 15.6. The molecule has 0 aliphatic carbocycles. The van der Waals surface area contributed by atoms with E-state index < -0.39 is 0 Å². The fraction of sp³-hybridized carbons (Fsp3) is 0.278. The number of imide groups is 1. The summed E-state index contributed by atoms with van der Waals surface area (Å²) in [5.74, 6) is -1.10. The largest absolute Gasteiger partial charge is 0.354 e. The van der Waals surface area contributed by atoms with Gasteiger partial charge < -0.3 is 5.32 Å². The number of fused-ring (bicyclic) bond motifs is 1. The van der Waals surface area contributed by atoms with Gasteiger partial charge in [-0.2, -0.15) is 4.98 Å². The zero-order valence-electron chi connectivity index (χ0n) is 14.7. The molecule has 0 spiro atoms. The van der Waals surface area contributed by atoms with E-state index in [2.05, 4.69) is 15.4 Å². The molecule has 0 saturated carbocycles. The molecule has 1 aliphatic rings. The lowest BCUT2D eigenvalue weighted by Gasteiger charge is -2.13. The van der Waals surface area contributed by atoms with E-state index in [0.29, 0.717) is 29.3 Å². The minimum absolute atomic E-state index is 0.162. The van der Waals surface area contributed by atoms with Gasteiger partial charge in [0.15, 0.2) is 5.82 Å². The molecule has 0 radical (unpaired) electrons. The first-order chi connectivity index (χ1) is 13.5. The topological polar surface area (TPSA) is 96.7 Å². The number of amides is 3. The maximum Gasteiger partial charge on any atom is 0.240 e. The summed E-state index contributed by atoms with van der Waals surface area (Å²) in [7, 11) is 0. The Balaban J connectivity index is 1.39. The summed E-state index contributed by atoms with van der Waals surface area (Å²) in [4.78, 5) is 41.0. The van der Waals surface area contributed by atoms with Crippen LogP contribution in [0.15, 0.2) is 29.6 Å². The average Bonchev–Trinajstić information content (AvgIpc) is 3.34. The fourth-order valence-electron chi connectivity index (χ4n) is 2.98. The highest BCUT2D eigenvalue weighted by molar-refractivity contribution is 7.15. The number of rotatable bonds is 6. The Morgan fingerprint density at radius 2 is 1.96 bits per heavy atom. The first kappa shape index (κ1) is 18.2. The standard InChI is InChI=1S/C18H16FN5O3S/c19-13-4-2-1-3-12(13)17-21-18-24(22-17)11(10-28-18)7-8-20-14(25)9-23-15(26)5-6-16(23)27/h1-4,10H,5-9H2,(H,20,25). The number of nitrogens with one attached hydrogen (secondary N) is 1. The van der Waals surface area contributed by atoms with Gasteiger partial charge in [0.1, 0.15) is 12.4 Å². The number of aromatic nitrogens is 3. The Kier molecular flexibility index (Phi) is 4.86. The van der Waals surface area contributed by atoms with E-state index in [1.54, 1.807) is 22.7 Å². The molecule has 1 N–H and O–H groups in total. The molecule has 3 amide bonds. The van der Waals surface area contributed by atoms with Gasteiger partial charge in [-0.3, -0.25) is 19.3 Å². The third kappa shape index (κ3) is 3.50. The van der Waals surface area contributed by atoms with Crippen molar-refractivity contribution < 1.29 is 18.8 Å². The second-order valence-electron chi connectivity index (χ2n) is 6.31. The van der Waals surface area contributed by atoms with Crippen LogP contribution in [0.3, 0.4) is 0 Å². The molecule has 0 atom stereocenters. The zero-order chi connectivity index (χ0) is 19.7. The van der Waals surface area contributed by atoms with Crippen molar-refractivity contribution >= 4 is 34.0 Å². The minimum Gasteiger partial charge on any atom is -0.354 e. The zero-order valence-corrected chi connectivity index (χ0v) is 15.5. The van der Waals surface area contributed by atoms with Crippen molar-refractivity contribution in [3.8, 4) is 11.4 Å². The van der Waals surface area contributed by atoms with Crippen molar-refractivity contribution in [1.29, 1.82) is 0 Å². The van der Waals surface area contributed by atoms with Gasteiger partial charge in [0.25, 0.3) is 0 Å². The van der Waals surface area contributed by atoms with Crippen LogP contribution in [-0.4, -0.2) is 50.3 Å². The lowest BCUT2D eigenvalue weighted by Crippen LogP contribution is -2.40. The Morgan fingerprint density at radius 1 is 1.21 bits per heavy atom. The third-order valence-corrected chi connectivity index (χ3v) is 5.29. The second kappa shape index (κ2) is 7.47.